The van der Waals surface area contributed by atoms with Crippen molar-refractivity contribution in [1.29, 1.82) is 0 Å². The van der Waals surface area contributed by atoms with Crippen molar-refractivity contribution >= 4 is 5.97 Å². The molecule has 18 heavy (non-hydrogen) atoms. The number of pyridine rings is 1. The molecule has 2 aromatic rings. The molecule has 6 heteroatoms. The Kier molecular flexibility index (Phi) is 3.57. The van der Waals surface area contributed by atoms with E-state index in [0.29, 0.717) is 6.54 Å². The molecular weight excluding hydrogens is 234 g/mol. The van der Waals surface area contributed by atoms with Crippen molar-refractivity contribution in [1.82, 2.24) is 14.1 Å². The molecule has 94 valence electrons. The summed E-state index contributed by atoms with van der Waals surface area (Å²) in [5.41, 5.74) is -0.657. The van der Waals surface area contributed by atoms with E-state index in [0.717, 1.165) is 13.0 Å². The number of aryl methyl sites for hydroxylation is 2. The molecule has 2 aromatic heterocycles. The summed E-state index contributed by atoms with van der Waals surface area (Å²) >= 11 is 0. The molecule has 0 bridgehead atoms. The number of carbonyl (C=O) groups is 1. The molecule has 0 atom stereocenters. The molecule has 2 rings (SSSR count). The Hall–Kier alpha value is -2.37. The van der Waals surface area contributed by atoms with Gasteiger partial charge in [0.15, 0.2) is 0 Å². The first kappa shape index (κ1) is 12.1. The lowest BCUT2D eigenvalue weighted by atomic mass is 10.2. The zero-order valence-corrected chi connectivity index (χ0v) is 9.69. The highest BCUT2D eigenvalue weighted by Gasteiger charge is 2.09. The van der Waals surface area contributed by atoms with Crippen LogP contribution < -0.4 is 5.56 Å². The Morgan fingerprint density at radius 2 is 2.17 bits per heavy atom. The third-order valence-corrected chi connectivity index (χ3v) is 2.63. The highest BCUT2D eigenvalue weighted by atomic mass is 16.4. The molecule has 2 heterocycles. The molecule has 6 nitrogen and oxygen atoms in total. The van der Waals surface area contributed by atoms with E-state index in [9.17, 15) is 9.59 Å². The second-order valence-electron chi connectivity index (χ2n) is 3.88. The van der Waals surface area contributed by atoms with Crippen molar-refractivity contribution in [2.45, 2.75) is 19.5 Å². The van der Waals surface area contributed by atoms with Gasteiger partial charge in [0.05, 0.1) is 6.33 Å². The van der Waals surface area contributed by atoms with Crippen LogP contribution in [0, 0.1) is 0 Å². The van der Waals surface area contributed by atoms with Gasteiger partial charge in [-0.05, 0) is 18.6 Å². The van der Waals surface area contributed by atoms with Crippen LogP contribution in [0.1, 0.15) is 16.8 Å². The molecule has 0 unspecified atom stereocenters. The smallest absolute Gasteiger partial charge is 0.341 e. The summed E-state index contributed by atoms with van der Waals surface area (Å²) in [4.78, 5) is 26.5. The molecule has 0 saturated heterocycles. The summed E-state index contributed by atoms with van der Waals surface area (Å²) in [5, 5.41) is 8.84. The summed E-state index contributed by atoms with van der Waals surface area (Å²) < 4.78 is 3.33. The van der Waals surface area contributed by atoms with Crippen molar-refractivity contribution < 1.29 is 9.90 Å². The maximum Gasteiger partial charge on any atom is 0.341 e. The van der Waals surface area contributed by atoms with E-state index in [1.54, 1.807) is 24.8 Å². The van der Waals surface area contributed by atoms with Gasteiger partial charge in [-0.25, -0.2) is 9.78 Å². The number of hydrogen-bond acceptors (Lipinski definition) is 3. The summed E-state index contributed by atoms with van der Waals surface area (Å²) in [6.45, 7) is 1.22. The molecule has 0 aliphatic carbocycles. The number of nitrogens with zero attached hydrogens (tertiary/aromatic N) is 3. The van der Waals surface area contributed by atoms with Gasteiger partial charge in [0.25, 0.3) is 5.56 Å². The fourth-order valence-electron chi connectivity index (χ4n) is 1.72. The third-order valence-electron chi connectivity index (χ3n) is 2.63. The monoisotopic (exact) mass is 247 g/mol. The van der Waals surface area contributed by atoms with Crippen molar-refractivity contribution in [3.8, 4) is 0 Å². The minimum absolute atomic E-state index is 0.194. The number of carboxylic acids is 1. The zero-order chi connectivity index (χ0) is 13.0. The summed E-state index contributed by atoms with van der Waals surface area (Å²) in [6, 6.07) is 2.89. The Morgan fingerprint density at radius 3 is 2.83 bits per heavy atom. The maximum atomic E-state index is 11.8. The average Bonchev–Trinajstić information content (AvgIpc) is 2.84. The van der Waals surface area contributed by atoms with Gasteiger partial charge in [-0.3, -0.25) is 4.79 Å². The van der Waals surface area contributed by atoms with Crippen LogP contribution in [0.3, 0.4) is 0 Å². The average molecular weight is 247 g/mol. The lowest BCUT2D eigenvalue weighted by Crippen LogP contribution is -2.26. The molecule has 0 amide bonds. The predicted octanol–water partition coefficient (Wildman–Crippen LogP) is 0.833. The molecule has 0 aliphatic rings. The van der Waals surface area contributed by atoms with Gasteiger partial charge < -0.3 is 14.2 Å². The van der Waals surface area contributed by atoms with Crippen molar-refractivity contribution in [2.24, 2.45) is 0 Å². The Balaban J connectivity index is 2.04. The third kappa shape index (κ3) is 2.65. The van der Waals surface area contributed by atoms with E-state index < -0.39 is 11.5 Å². The fourth-order valence-corrected chi connectivity index (χ4v) is 1.72. The molecule has 0 aliphatic heterocycles. The first-order chi connectivity index (χ1) is 8.68. The molecule has 0 radical (unpaired) electrons. The number of aromatic carboxylic acids is 1. The molecule has 0 aromatic carbocycles. The SMILES string of the molecule is O=C(O)c1cccn(CCCn2ccnc2)c1=O. The first-order valence-corrected chi connectivity index (χ1v) is 5.57. The van der Waals surface area contributed by atoms with E-state index in [-0.39, 0.29) is 5.56 Å². The second-order valence-corrected chi connectivity index (χ2v) is 3.88. The van der Waals surface area contributed by atoms with Gasteiger partial charge in [-0.15, -0.1) is 0 Å². The first-order valence-electron chi connectivity index (χ1n) is 5.57. The van der Waals surface area contributed by atoms with E-state index in [2.05, 4.69) is 4.98 Å². The van der Waals surface area contributed by atoms with E-state index >= 15 is 0 Å². The molecule has 1 N–H and O–H groups in total. The largest absolute Gasteiger partial charge is 0.477 e. The lowest BCUT2D eigenvalue weighted by molar-refractivity contribution is 0.0694. The highest BCUT2D eigenvalue weighted by molar-refractivity contribution is 5.86. The van der Waals surface area contributed by atoms with Crippen LogP contribution >= 0.6 is 0 Å². The summed E-state index contributed by atoms with van der Waals surface area (Å²) in [5.74, 6) is -1.19. The standard InChI is InChI=1S/C12H13N3O3/c16-11-10(12(17)18)3-1-6-15(11)7-2-5-14-8-4-13-9-14/h1,3-4,6,8-9H,2,5,7H2,(H,17,18). The van der Waals surface area contributed by atoms with Crippen LogP contribution in [-0.4, -0.2) is 25.2 Å². The van der Waals surface area contributed by atoms with Gasteiger partial charge in [0.1, 0.15) is 5.56 Å². The van der Waals surface area contributed by atoms with Crippen LogP contribution in [0.15, 0.2) is 41.8 Å². The van der Waals surface area contributed by atoms with Gasteiger partial charge in [-0.2, -0.15) is 0 Å². The molecule has 0 fully saturated rings. The topological polar surface area (TPSA) is 77.1 Å². The van der Waals surface area contributed by atoms with Crippen molar-refractivity contribution in [3.63, 3.8) is 0 Å². The van der Waals surface area contributed by atoms with E-state index in [1.165, 1.54) is 10.6 Å². The molecule has 0 saturated carbocycles. The van der Waals surface area contributed by atoms with Gasteiger partial charge in [0.2, 0.25) is 0 Å². The number of hydrogen-bond donors (Lipinski definition) is 1. The number of imidazole rings is 1. The second kappa shape index (κ2) is 5.31. The van der Waals surface area contributed by atoms with Crippen molar-refractivity contribution in [2.75, 3.05) is 0 Å². The summed E-state index contributed by atoms with van der Waals surface area (Å²) in [6.07, 6.45) is 7.58. The van der Waals surface area contributed by atoms with Gasteiger partial charge >= 0.3 is 5.97 Å². The Bertz CT molecular complexity index is 587. The van der Waals surface area contributed by atoms with Crippen LogP contribution in [0.25, 0.3) is 0 Å². The van der Waals surface area contributed by atoms with Crippen molar-refractivity contribution in [3.05, 3.63) is 53.0 Å². The van der Waals surface area contributed by atoms with Crippen LogP contribution in [0.5, 0.6) is 0 Å². The lowest BCUT2D eigenvalue weighted by Gasteiger charge is -2.06. The van der Waals surface area contributed by atoms with E-state index in [1.807, 2.05) is 10.8 Å². The van der Waals surface area contributed by atoms with E-state index in [4.69, 9.17) is 5.11 Å². The maximum absolute atomic E-state index is 11.8. The number of rotatable bonds is 5. The summed E-state index contributed by atoms with van der Waals surface area (Å²) in [7, 11) is 0. The highest BCUT2D eigenvalue weighted by Crippen LogP contribution is 1.96. The minimum atomic E-state index is -1.19. The van der Waals surface area contributed by atoms with Crippen LogP contribution in [0.4, 0.5) is 0 Å². The van der Waals surface area contributed by atoms with Gasteiger partial charge in [-0.1, -0.05) is 0 Å². The minimum Gasteiger partial charge on any atom is -0.477 e. The quantitative estimate of drug-likeness (QED) is 0.849. The number of carboxylic acid groups (broad SMARTS) is 1. The normalized spacial score (nSPS) is 10.4. The van der Waals surface area contributed by atoms with Crippen LogP contribution in [0.2, 0.25) is 0 Å². The molecule has 0 spiro atoms. The molecular formula is C12H13N3O3. The fraction of sp³-hybridized carbons (Fsp3) is 0.250. The van der Waals surface area contributed by atoms with Crippen LogP contribution in [-0.2, 0) is 13.1 Å². The van der Waals surface area contributed by atoms with Gasteiger partial charge in [0, 0.05) is 31.7 Å². The Labute approximate surface area is 103 Å². The predicted molar refractivity (Wildman–Crippen MR) is 64.5 cm³/mol. The Morgan fingerprint density at radius 1 is 1.33 bits per heavy atom. The number of aromatic nitrogens is 3. The zero-order valence-electron chi connectivity index (χ0n) is 9.69.